The molecule has 0 saturated heterocycles. The van der Waals surface area contributed by atoms with E-state index in [1.165, 1.54) is 7.11 Å². The summed E-state index contributed by atoms with van der Waals surface area (Å²) in [5, 5.41) is 19.6. The molecule has 0 saturated carbocycles. The van der Waals surface area contributed by atoms with Gasteiger partial charge in [0.2, 0.25) is 0 Å². The summed E-state index contributed by atoms with van der Waals surface area (Å²) in [6.07, 6.45) is -1.48. The summed E-state index contributed by atoms with van der Waals surface area (Å²) >= 11 is 0. The van der Waals surface area contributed by atoms with Gasteiger partial charge in [0.05, 0.1) is 24.8 Å². The van der Waals surface area contributed by atoms with Gasteiger partial charge in [-0.15, -0.1) is 0 Å². The largest absolute Gasteiger partial charge is 0.466 e. The topological polar surface area (TPSA) is 120 Å². The van der Waals surface area contributed by atoms with Crippen LogP contribution in [0.2, 0.25) is 0 Å². The Labute approximate surface area is 172 Å². The third kappa shape index (κ3) is 3.11. The number of oxime groups is 1. The first-order valence-corrected chi connectivity index (χ1v) is 9.36. The molecule has 8 nitrogen and oxygen atoms in total. The number of ether oxygens (including phenoxy) is 1. The van der Waals surface area contributed by atoms with Crippen LogP contribution in [-0.2, 0) is 14.4 Å². The van der Waals surface area contributed by atoms with Gasteiger partial charge in [0.25, 0.3) is 5.60 Å². The van der Waals surface area contributed by atoms with E-state index < -0.39 is 17.7 Å². The second-order valence-electron chi connectivity index (χ2n) is 7.04. The van der Waals surface area contributed by atoms with Gasteiger partial charge in [-0.05, 0) is 13.0 Å². The number of hydrogen-bond donors (Lipinski definition) is 2. The highest BCUT2D eigenvalue weighted by atomic mass is 16.7. The first-order chi connectivity index (χ1) is 14.5. The van der Waals surface area contributed by atoms with Crippen molar-refractivity contribution >= 4 is 17.4 Å². The SMILES string of the molecule is COC(=O)C1(C(O)c2c(-c3ccccc3)noc2C)CC(c2ccccc2N)=NO1. The monoisotopic (exact) mass is 407 g/mol. The smallest absolute Gasteiger partial charge is 0.356 e. The third-order valence-corrected chi connectivity index (χ3v) is 5.22. The number of carbonyl (C=O) groups excluding carboxylic acids is 1. The molecule has 2 aromatic carbocycles. The lowest BCUT2D eigenvalue weighted by molar-refractivity contribution is -0.182. The van der Waals surface area contributed by atoms with E-state index in [2.05, 4.69) is 10.3 Å². The van der Waals surface area contributed by atoms with Crippen molar-refractivity contribution in [3.63, 3.8) is 0 Å². The standard InChI is InChI=1S/C22H21N3O5/c1-13-18(19(25-29-13)14-8-4-3-5-9-14)20(26)22(21(27)28-2)12-17(24-30-22)15-10-6-7-11-16(15)23/h3-11,20,26H,12,23H2,1-2H3. The van der Waals surface area contributed by atoms with Crippen molar-refractivity contribution < 1.29 is 24.0 Å². The van der Waals surface area contributed by atoms with E-state index in [0.717, 1.165) is 5.56 Å². The molecule has 1 aromatic heterocycles. The van der Waals surface area contributed by atoms with Crippen molar-refractivity contribution in [3.05, 3.63) is 71.5 Å². The predicted octanol–water partition coefficient (Wildman–Crippen LogP) is 3.00. The number of para-hydroxylation sites is 1. The molecule has 1 aliphatic rings. The van der Waals surface area contributed by atoms with Gasteiger partial charge in [-0.25, -0.2) is 4.79 Å². The van der Waals surface area contributed by atoms with E-state index in [1.807, 2.05) is 30.3 Å². The number of esters is 1. The number of nitrogen functional groups attached to an aromatic ring is 1. The highest BCUT2D eigenvalue weighted by Crippen LogP contribution is 2.43. The zero-order valence-corrected chi connectivity index (χ0v) is 16.5. The fraction of sp³-hybridized carbons (Fsp3) is 0.227. The highest BCUT2D eigenvalue weighted by molar-refractivity contribution is 6.08. The van der Waals surface area contributed by atoms with E-state index in [-0.39, 0.29) is 6.42 Å². The van der Waals surface area contributed by atoms with Gasteiger partial charge in [-0.1, -0.05) is 58.8 Å². The minimum Gasteiger partial charge on any atom is -0.466 e. The number of nitrogens with zero attached hydrogens (tertiary/aromatic N) is 2. The first kappa shape index (κ1) is 19.7. The second-order valence-corrected chi connectivity index (χ2v) is 7.04. The summed E-state index contributed by atoms with van der Waals surface area (Å²) in [6, 6.07) is 16.3. The quantitative estimate of drug-likeness (QED) is 0.493. The van der Waals surface area contributed by atoms with Crippen LogP contribution in [0.4, 0.5) is 5.69 Å². The number of nitrogens with two attached hydrogens (primary N) is 1. The van der Waals surface area contributed by atoms with Crippen molar-refractivity contribution in [2.75, 3.05) is 12.8 Å². The van der Waals surface area contributed by atoms with Crippen LogP contribution in [0.25, 0.3) is 11.3 Å². The first-order valence-electron chi connectivity index (χ1n) is 9.36. The Hall–Kier alpha value is -3.65. The number of aryl methyl sites for hydroxylation is 1. The normalized spacial score (nSPS) is 19.1. The maximum Gasteiger partial charge on any atom is 0.356 e. The number of methoxy groups -OCH3 is 1. The molecule has 2 heterocycles. The zero-order chi connectivity index (χ0) is 21.3. The molecule has 1 aliphatic heterocycles. The number of anilines is 1. The molecule has 3 N–H and O–H groups in total. The van der Waals surface area contributed by atoms with E-state index in [1.54, 1.807) is 31.2 Å². The molecule has 154 valence electrons. The van der Waals surface area contributed by atoms with E-state index in [4.69, 9.17) is 19.8 Å². The number of aromatic nitrogens is 1. The molecule has 2 unspecified atom stereocenters. The summed E-state index contributed by atoms with van der Waals surface area (Å²) in [5.41, 5.74) is 7.29. The van der Waals surface area contributed by atoms with Gasteiger partial charge in [0, 0.05) is 16.8 Å². The van der Waals surface area contributed by atoms with E-state index in [0.29, 0.717) is 34.0 Å². The Bertz CT molecular complexity index is 1110. The Balaban J connectivity index is 1.76. The molecule has 0 amide bonds. The summed E-state index contributed by atoms with van der Waals surface area (Å²) in [4.78, 5) is 18.4. The predicted molar refractivity (Wildman–Crippen MR) is 109 cm³/mol. The average molecular weight is 407 g/mol. The van der Waals surface area contributed by atoms with Crippen LogP contribution < -0.4 is 5.73 Å². The van der Waals surface area contributed by atoms with Crippen molar-refractivity contribution in [2.24, 2.45) is 5.16 Å². The average Bonchev–Trinajstić information content (AvgIpc) is 3.39. The fourth-order valence-corrected chi connectivity index (χ4v) is 3.63. The molecule has 0 spiro atoms. The van der Waals surface area contributed by atoms with Crippen LogP contribution in [-0.4, -0.2) is 34.7 Å². The van der Waals surface area contributed by atoms with Crippen LogP contribution in [0.15, 0.2) is 64.3 Å². The third-order valence-electron chi connectivity index (χ3n) is 5.22. The van der Waals surface area contributed by atoms with Crippen molar-refractivity contribution in [1.82, 2.24) is 5.16 Å². The van der Waals surface area contributed by atoms with Gasteiger partial charge in [-0.3, -0.25) is 0 Å². The molecule has 0 bridgehead atoms. The molecule has 0 fully saturated rings. The lowest BCUT2D eigenvalue weighted by Crippen LogP contribution is -2.46. The zero-order valence-electron chi connectivity index (χ0n) is 16.5. The van der Waals surface area contributed by atoms with E-state index in [9.17, 15) is 9.90 Å². The summed E-state index contributed by atoms with van der Waals surface area (Å²) in [7, 11) is 1.23. The van der Waals surface area contributed by atoms with Gasteiger partial charge in [0.15, 0.2) is 0 Å². The number of rotatable bonds is 5. The molecule has 8 heteroatoms. The molecular formula is C22H21N3O5. The van der Waals surface area contributed by atoms with Crippen LogP contribution in [0.3, 0.4) is 0 Å². The number of hydrogen-bond acceptors (Lipinski definition) is 8. The van der Waals surface area contributed by atoms with Gasteiger partial charge < -0.3 is 24.9 Å². The molecule has 30 heavy (non-hydrogen) atoms. The minimum absolute atomic E-state index is 0.0338. The summed E-state index contributed by atoms with van der Waals surface area (Å²) in [5.74, 6) is -0.399. The Morgan fingerprint density at radius 1 is 1.20 bits per heavy atom. The fourth-order valence-electron chi connectivity index (χ4n) is 3.63. The van der Waals surface area contributed by atoms with Crippen molar-refractivity contribution in [2.45, 2.75) is 25.0 Å². The minimum atomic E-state index is -1.80. The highest BCUT2D eigenvalue weighted by Gasteiger charge is 2.56. The Morgan fingerprint density at radius 3 is 2.60 bits per heavy atom. The summed E-state index contributed by atoms with van der Waals surface area (Å²) in [6.45, 7) is 1.66. The molecule has 0 radical (unpaired) electrons. The van der Waals surface area contributed by atoms with Gasteiger partial charge in [-0.2, -0.15) is 0 Å². The molecular weight excluding hydrogens is 386 g/mol. The Kier molecular flexibility index (Phi) is 5.01. The van der Waals surface area contributed by atoms with Gasteiger partial charge in [0.1, 0.15) is 17.6 Å². The molecule has 3 aromatic rings. The lowest BCUT2D eigenvalue weighted by Gasteiger charge is -2.29. The van der Waals surface area contributed by atoms with Crippen LogP contribution in [0, 0.1) is 6.92 Å². The van der Waals surface area contributed by atoms with Gasteiger partial charge >= 0.3 is 5.97 Å². The Morgan fingerprint density at radius 2 is 1.90 bits per heavy atom. The number of aliphatic hydroxyl groups is 1. The van der Waals surface area contributed by atoms with Crippen molar-refractivity contribution in [1.29, 1.82) is 0 Å². The molecule has 0 aliphatic carbocycles. The molecule has 4 rings (SSSR count). The maximum atomic E-state index is 12.8. The van der Waals surface area contributed by atoms with E-state index >= 15 is 0 Å². The van der Waals surface area contributed by atoms with Crippen LogP contribution in [0.5, 0.6) is 0 Å². The number of benzene rings is 2. The lowest BCUT2D eigenvalue weighted by atomic mass is 9.83. The maximum absolute atomic E-state index is 12.8. The second kappa shape index (κ2) is 7.64. The van der Waals surface area contributed by atoms with Crippen LogP contribution in [0.1, 0.15) is 29.4 Å². The summed E-state index contributed by atoms with van der Waals surface area (Å²) < 4.78 is 10.3. The number of carbonyl (C=O) groups is 1. The molecule has 2 atom stereocenters. The number of aliphatic hydroxyl groups excluding tert-OH is 1. The van der Waals surface area contributed by atoms with Crippen molar-refractivity contribution in [3.8, 4) is 11.3 Å². The van der Waals surface area contributed by atoms with Crippen LogP contribution >= 0.6 is 0 Å².